The van der Waals surface area contributed by atoms with Crippen molar-refractivity contribution in [2.45, 2.75) is 16.3 Å². The van der Waals surface area contributed by atoms with Crippen molar-refractivity contribution in [3.05, 3.63) is 129 Å². The van der Waals surface area contributed by atoms with E-state index in [1.807, 2.05) is 0 Å². The number of non-ortho nitro benzene ring substituents is 1. The van der Waals surface area contributed by atoms with Crippen molar-refractivity contribution in [1.29, 1.82) is 0 Å². The number of amides is 1. The van der Waals surface area contributed by atoms with E-state index in [1.165, 1.54) is 65.7 Å². The van der Waals surface area contributed by atoms with Gasteiger partial charge in [-0.1, -0.05) is 30.3 Å². The van der Waals surface area contributed by atoms with Crippen LogP contribution in [0.5, 0.6) is 5.75 Å². The molecule has 2 atom stereocenters. The largest absolute Gasteiger partial charge is 0.379 e. The number of halogens is 1. The normalized spacial score (nSPS) is 16.7. The Kier molecular flexibility index (Phi) is 6.71. The van der Waals surface area contributed by atoms with Crippen LogP contribution in [0.15, 0.2) is 113 Å². The third-order valence-corrected chi connectivity index (χ3v) is 8.45. The maximum Gasteiger partial charge on any atom is 0.339 e. The Hall–Kier alpha value is -5.07. The van der Waals surface area contributed by atoms with Gasteiger partial charge < -0.3 is 4.18 Å². The molecule has 0 radical (unpaired) electrons. The maximum atomic E-state index is 13.8. The Labute approximate surface area is 243 Å². The topological polar surface area (TPSA) is 142 Å². The molecule has 5 aromatic rings. The van der Waals surface area contributed by atoms with Gasteiger partial charge in [0.15, 0.2) is 5.82 Å². The Morgan fingerprint density at radius 2 is 1.50 bits per heavy atom. The fourth-order valence-corrected chi connectivity index (χ4v) is 6.00. The van der Waals surface area contributed by atoms with Crippen LogP contribution in [0, 0.1) is 10.1 Å². The molecule has 1 amide bonds. The Balaban J connectivity index is 1.43. The lowest BCUT2D eigenvalue weighted by Crippen LogP contribution is -2.64. The minimum atomic E-state index is -4.08. The number of rotatable bonds is 7. The third-order valence-electron chi connectivity index (χ3n) is 6.77. The van der Waals surface area contributed by atoms with Crippen molar-refractivity contribution in [3.8, 4) is 17.1 Å². The smallest absolute Gasteiger partial charge is 0.339 e. The summed E-state index contributed by atoms with van der Waals surface area (Å²) in [6.45, 7) is 0. The molecular formula is C29H19ClN4O7S. The third kappa shape index (κ3) is 4.66. The molecule has 2 unspecified atom stereocenters. The zero-order valence-corrected chi connectivity index (χ0v) is 23.0. The van der Waals surface area contributed by atoms with E-state index < -0.39 is 37.9 Å². The molecule has 0 N–H and O–H groups in total. The highest BCUT2D eigenvalue weighted by Crippen LogP contribution is 2.39. The number of hydrogen-bond donors (Lipinski definition) is 0. The van der Waals surface area contributed by atoms with Crippen molar-refractivity contribution in [1.82, 2.24) is 9.66 Å². The quantitative estimate of drug-likeness (QED) is 0.0867. The first-order valence-corrected chi connectivity index (χ1v) is 14.3. The van der Waals surface area contributed by atoms with Gasteiger partial charge >= 0.3 is 10.1 Å². The monoisotopic (exact) mass is 602 g/mol. The lowest BCUT2D eigenvalue weighted by atomic mass is 9.95. The van der Waals surface area contributed by atoms with Crippen LogP contribution in [-0.2, 0) is 14.9 Å². The molecule has 0 spiro atoms. The summed E-state index contributed by atoms with van der Waals surface area (Å²) in [6, 6.07) is 24.9. The molecule has 1 fully saturated rings. The number of benzene rings is 4. The molecule has 4 aromatic carbocycles. The molecule has 0 saturated carbocycles. The van der Waals surface area contributed by atoms with Crippen LogP contribution >= 0.6 is 11.6 Å². The van der Waals surface area contributed by atoms with Crippen molar-refractivity contribution in [2.75, 3.05) is 5.01 Å². The average molecular weight is 603 g/mol. The Morgan fingerprint density at radius 3 is 2.17 bits per heavy atom. The van der Waals surface area contributed by atoms with E-state index in [4.69, 9.17) is 15.8 Å². The molecule has 2 heterocycles. The molecule has 210 valence electrons. The SMILES string of the molecule is O=C1C(Cl)C(c2ccc([N+](=O)[O-])cc2)N1n1c(-c2ccc(OS(=O)(=O)c3ccccc3)cc2)nc2ccccc2c1=O. The van der Waals surface area contributed by atoms with Gasteiger partial charge in [0.2, 0.25) is 0 Å². The number of para-hydroxylation sites is 1. The van der Waals surface area contributed by atoms with E-state index in [9.17, 15) is 28.1 Å². The number of nitrogens with zero attached hydrogens (tertiary/aromatic N) is 4. The predicted octanol–water partition coefficient (Wildman–Crippen LogP) is 4.57. The summed E-state index contributed by atoms with van der Waals surface area (Å²) < 4.78 is 31.7. The number of nitro groups is 1. The molecular weight excluding hydrogens is 584 g/mol. The first kappa shape index (κ1) is 27.1. The molecule has 1 aliphatic rings. The highest BCUT2D eigenvalue weighted by Gasteiger charge is 2.50. The fourth-order valence-electron chi connectivity index (χ4n) is 4.70. The first-order chi connectivity index (χ1) is 20.2. The second kappa shape index (κ2) is 10.4. The zero-order chi connectivity index (χ0) is 29.6. The number of carbonyl (C=O) groups excluding carboxylic acids is 1. The van der Waals surface area contributed by atoms with Crippen LogP contribution in [0.25, 0.3) is 22.3 Å². The lowest BCUT2D eigenvalue weighted by Gasteiger charge is -2.45. The number of fused-ring (bicyclic) bond motifs is 1. The van der Waals surface area contributed by atoms with Crippen molar-refractivity contribution < 1.29 is 22.3 Å². The summed E-state index contributed by atoms with van der Waals surface area (Å²) in [5, 5.41) is 11.5. The van der Waals surface area contributed by atoms with E-state index >= 15 is 0 Å². The molecule has 1 saturated heterocycles. The van der Waals surface area contributed by atoms with Crippen LogP contribution in [0.4, 0.5) is 5.69 Å². The standard InChI is InChI=1S/C29H19ClN4O7S/c30-25-26(18-10-14-20(15-11-18)34(37)38)32(29(25)36)33-27(31-24-9-5-4-8-23(24)28(33)35)19-12-16-21(17-13-19)41-42(39,40)22-6-2-1-3-7-22/h1-17,25-26H. The summed E-state index contributed by atoms with van der Waals surface area (Å²) in [6.07, 6.45) is 0. The molecule has 1 aliphatic heterocycles. The van der Waals surface area contributed by atoms with E-state index in [1.54, 1.807) is 42.5 Å². The summed E-state index contributed by atoms with van der Waals surface area (Å²) >= 11 is 6.41. The van der Waals surface area contributed by atoms with Crippen molar-refractivity contribution in [3.63, 3.8) is 0 Å². The molecule has 1 aromatic heterocycles. The van der Waals surface area contributed by atoms with E-state index in [0.29, 0.717) is 16.6 Å². The van der Waals surface area contributed by atoms with E-state index in [0.717, 1.165) is 4.68 Å². The lowest BCUT2D eigenvalue weighted by molar-refractivity contribution is -0.384. The number of aromatic nitrogens is 2. The molecule has 13 heteroatoms. The second-order valence-electron chi connectivity index (χ2n) is 9.32. The summed E-state index contributed by atoms with van der Waals surface area (Å²) in [7, 11) is -4.08. The number of carbonyl (C=O) groups is 1. The van der Waals surface area contributed by atoms with Gasteiger partial charge in [-0.05, 0) is 66.2 Å². The van der Waals surface area contributed by atoms with Gasteiger partial charge in [0.05, 0.1) is 15.8 Å². The zero-order valence-electron chi connectivity index (χ0n) is 21.4. The van der Waals surface area contributed by atoms with Crippen LogP contribution in [0.2, 0.25) is 0 Å². The highest BCUT2D eigenvalue weighted by atomic mass is 35.5. The fraction of sp³-hybridized carbons (Fsp3) is 0.0690. The number of alkyl halides is 1. The summed E-state index contributed by atoms with van der Waals surface area (Å²) in [5.41, 5.74) is 0.579. The van der Waals surface area contributed by atoms with Gasteiger partial charge in [-0.3, -0.25) is 19.7 Å². The molecule has 42 heavy (non-hydrogen) atoms. The van der Waals surface area contributed by atoms with Crippen molar-refractivity contribution in [2.24, 2.45) is 0 Å². The van der Waals surface area contributed by atoms with E-state index in [-0.39, 0.29) is 27.5 Å². The van der Waals surface area contributed by atoms with Gasteiger partial charge in [0.25, 0.3) is 17.2 Å². The molecule has 0 bridgehead atoms. The van der Waals surface area contributed by atoms with Crippen LogP contribution in [0.3, 0.4) is 0 Å². The van der Waals surface area contributed by atoms with Gasteiger partial charge in [0.1, 0.15) is 22.1 Å². The maximum absolute atomic E-state index is 13.8. The number of nitro benzene ring substituents is 1. The molecule has 0 aliphatic carbocycles. The van der Waals surface area contributed by atoms with Crippen molar-refractivity contribution >= 4 is 44.2 Å². The van der Waals surface area contributed by atoms with E-state index in [2.05, 4.69) is 4.98 Å². The predicted molar refractivity (Wildman–Crippen MR) is 154 cm³/mol. The Morgan fingerprint density at radius 1 is 0.857 bits per heavy atom. The first-order valence-electron chi connectivity index (χ1n) is 12.5. The van der Waals surface area contributed by atoms with Crippen LogP contribution in [0.1, 0.15) is 11.6 Å². The van der Waals surface area contributed by atoms with Gasteiger partial charge in [-0.2, -0.15) is 13.1 Å². The van der Waals surface area contributed by atoms with Crippen LogP contribution < -0.4 is 14.8 Å². The Bertz CT molecular complexity index is 2020. The average Bonchev–Trinajstić information content (AvgIpc) is 3.00. The summed E-state index contributed by atoms with van der Waals surface area (Å²) in [4.78, 5) is 42.2. The van der Waals surface area contributed by atoms with Gasteiger partial charge in [-0.25, -0.2) is 9.99 Å². The number of hydrogen-bond acceptors (Lipinski definition) is 8. The molecule has 6 rings (SSSR count). The second-order valence-corrected chi connectivity index (χ2v) is 11.3. The minimum Gasteiger partial charge on any atom is -0.379 e. The summed E-state index contributed by atoms with van der Waals surface area (Å²) in [5.74, 6) is -0.434. The highest BCUT2D eigenvalue weighted by molar-refractivity contribution is 7.87. The number of β-lactam (4-membered cyclic amide) rings is 1. The minimum absolute atomic E-state index is 0.0108. The van der Waals surface area contributed by atoms with Gasteiger partial charge in [0, 0.05) is 17.7 Å². The van der Waals surface area contributed by atoms with Crippen LogP contribution in [-0.4, -0.2) is 34.3 Å². The van der Waals surface area contributed by atoms with Gasteiger partial charge in [-0.15, -0.1) is 11.6 Å². The molecule has 11 nitrogen and oxygen atoms in total.